The van der Waals surface area contributed by atoms with E-state index < -0.39 is 0 Å². The molecule has 0 spiro atoms. The minimum Gasteiger partial charge on any atom is -0.368 e. The third-order valence-corrected chi connectivity index (χ3v) is 5.84. The summed E-state index contributed by atoms with van der Waals surface area (Å²) in [5, 5.41) is 0. The maximum atomic E-state index is 12.7. The predicted molar refractivity (Wildman–Crippen MR) is 113 cm³/mol. The number of aromatic nitrogens is 1. The fraction of sp³-hybridized carbons (Fsp3) is 0.455. The smallest absolute Gasteiger partial charge is 0.272 e. The summed E-state index contributed by atoms with van der Waals surface area (Å²) in [7, 11) is 0. The number of rotatable bonds is 4. The highest BCUT2D eigenvalue weighted by molar-refractivity contribution is 5.92. The van der Waals surface area contributed by atoms with Crippen LogP contribution in [0.2, 0.25) is 0 Å². The number of likely N-dealkylation sites (N-methyl/N-ethyl adjacent to an activating group) is 1. The number of amides is 1. The lowest BCUT2D eigenvalue weighted by atomic mass is 10.2. The first-order valence-corrected chi connectivity index (χ1v) is 10.3. The first-order valence-electron chi connectivity index (χ1n) is 10.3. The van der Waals surface area contributed by atoms with Gasteiger partial charge in [0.05, 0.1) is 11.9 Å². The van der Waals surface area contributed by atoms with E-state index in [1.165, 1.54) is 5.69 Å². The number of hydrogen-bond donors (Lipinski definition) is 0. The zero-order valence-corrected chi connectivity index (χ0v) is 16.6. The normalized spacial score (nSPS) is 18.4. The van der Waals surface area contributed by atoms with Crippen molar-refractivity contribution in [3.63, 3.8) is 0 Å². The van der Waals surface area contributed by atoms with Crippen LogP contribution in [0.4, 0.5) is 11.4 Å². The summed E-state index contributed by atoms with van der Waals surface area (Å²) in [6, 6.07) is 14.5. The Kier molecular flexibility index (Phi) is 5.76. The van der Waals surface area contributed by atoms with Crippen LogP contribution in [0, 0.1) is 0 Å². The highest BCUT2D eigenvalue weighted by Crippen LogP contribution is 2.20. The number of nitrogens with zero attached hydrogens (tertiary/aromatic N) is 5. The van der Waals surface area contributed by atoms with Gasteiger partial charge in [0, 0.05) is 58.0 Å². The van der Waals surface area contributed by atoms with E-state index in [9.17, 15) is 4.79 Å². The highest BCUT2D eigenvalue weighted by Gasteiger charge is 2.23. The van der Waals surface area contributed by atoms with E-state index in [-0.39, 0.29) is 5.91 Å². The van der Waals surface area contributed by atoms with Crippen molar-refractivity contribution in [3.8, 4) is 0 Å². The van der Waals surface area contributed by atoms with Gasteiger partial charge in [0.25, 0.3) is 5.91 Å². The Bertz CT molecular complexity index is 763. The Morgan fingerprint density at radius 1 is 0.821 bits per heavy atom. The van der Waals surface area contributed by atoms with Crippen molar-refractivity contribution in [3.05, 3.63) is 54.4 Å². The van der Waals surface area contributed by atoms with E-state index >= 15 is 0 Å². The highest BCUT2D eigenvalue weighted by atomic mass is 16.2. The molecule has 4 rings (SSSR count). The molecule has 0 unspecified atom stereocenters. The number of anilines is 2. The number of para-hydroxylation sites is 1. The van der Waals surface area contributed by atoms with Crippen LogP contribution >= 0.6 is 0 Å². The molecule has 1 aromatic heterocycles. The maximum absolute atomic E-state index is 12.7. The number of carbonyl (C=O) groups is 1. The third kappa shape index (κ3) is 4.12. The lowest BCUT2D eigenvalue weighted by Gasteiger charge is -2.37. The van der Waals surface area contributed by atoms with E-state index in [1.54, 1.807) is 0 Å². The van der Waals surface area contributed by atoms with Gasteiger partial charge in [-0.1, -0.05) is 25.1 Å². The van der Waals surface area contributed by atoms with Gasteiger partial charge >= 0.3 is 0 Å². The van der Waals surface area contributed by atoms with Crippen LogP contribution in [-0.2, 0) is 0 Å². The van der Waals surface area contributed by atoms with Gasteiger partial charge in [0.1, 0.15) is 5.69 Å². The van der Waals surface area contributed by atoms with E-state index in [1.807, 2.05) is 23.2 Å². The fourth-order valence-corrected chi connectivity index (χ4v) is 3.99. The van der Waals surface area contributed by atoms with Crippen LogP contribution in [-0.4, -0.2) is 79.6 Å². The molecular weight excluding hydrogens is 350 g/mol. The van der Waals surface area contributed by atoms with Crippen molar-refractivity contribution in [1.82, 2.24) is 14.8 Å². The molecule has 2 fully saturated rings. The average molecular weight is 380 g/mol. The van der Waals surface area contributed by atoms with E-state index in [0.717, 1.165) is 64.6 Å². The monoisotopic (exact) mass is 379 g/mol. The number of hydrogen-bond acceptors (Lipinski definition) is 5. The van der Waals surface area contributed by atoms with E-state index in [2.05, 4.69) is 56.9 Å². The molecule has 0 aliphatic carbocycles. The van der Waals surface area contributed by atoms with Crippen molar-refractivity contribution in [2.24, 2.45) is 0 Å². The second-order valence-electron chi connectivity index (χ2n) is 7.44. The molecule has 1 aromatic carbocycles. The van der Waals surface area contributed by atoms with Crippen molar-refractivity contribution in [1.29, 1.82) is 0 Å². The summed E-state index contributed by atoms with van der Waals surface area (Å²) >= 11 is 0. The summed E-state index contributed by atoms with van der Waals surface area (Å²) in [5.74, 6) is 0.0520. The zero-order valence-electron chi connectivity index (χ0n) is 16.6. The van der Waals surface area contributed by atoms with Crippen LogP contribution in [0.15, 0.2) is 48.7 Å². The summed E-state index contributed by atoms with van der Waals surface area (Å²) < 4.78 is 0. The Hall–Kier alpha value is -2.60. The molecule has 6 heteroatoms. The number of carbonyl (C=O) groups excluding carboxylic acids is 1. The van der Waals surface area contributed by atoms with E-state index in [0.29, 0.717) is 5.69 Å². The predicted octanol–water partition coefficient (Wildman–Crippen LogP) is 2.19. The summed E-state index contributed by atoms with van der Waals surface area (Å²) in [6.07, 6.45) is 1.85. The quantitative estimate of drug-likeness (QED) is 0.815. The van der Waals surface area contributed by atoms with Crippen molar-refractivity contribution in [2.75, 3.05) is 68.7 Å². The molecule has 2 aliphatic rings. The third-order valence-electron chi connectivity index (χ3n) is 5.84. The van der Waals surface area contributed by atoms with Gasteiger partial charge < -0.3 is 19.6 Å². The van der Waals surface area contributed by atoms with Crippen LogP contribution in [0.3, 0.4) is 0 Å². The van der Waals surface area contributed by atoms with Crippen molar-refractivity contribution in [2.45, 2.75) is 6.92 Å². The van der Waals surface area contributed by atoms with Gasteiger partial charge in [0.15, 0.2) is 0 Å². The van der Waals surface area contributed by atoms with Gasteiger partial charge in [-0.15, -0.1) is 0 Å². The largest absolute Gasteiger partial charge is 0.368 e. The summed E-state index contributed by atoms with van der Waals surface area (Å²) in [5.41, 5.74) is 2.93. The molecule has 0 saturated carbocycles. The minimum atomic E-state index is 0.0520. The standard InChI is InChI=1S/C22H29N5O/c1-2-24-10-12-27(13-11-24)22(28)21-9-8-20(18-23-21)26-16-14-25(15-17-26)19-6-4-3-5-7-19/h3-9,18H,2,10-17H2,1H3. The molecule has 28 heavy (non-hydrogen) atoms. The molecule has 6 nitrogen and oxygen atoms in total. The van der Waals surface area contributed by atoms with Gasteiger partial charge in [-0.2, -0.15) is 0 Å². The summed E-state index contributed by atoms with van der Waals surface area (Å²) in [6.45, 7) is 10.6. The van der Waals surface area contributed by atoms with Gasteiger partial charge in [-0.3, -0.25) is 4.79 Å². The van der Waals surface area contributed by atoms with Gasteiger partial charge in [-0.05, 0) is 30.8 Å². The lowest BCUT2D eigenvalue weighted by Crippen LogP contribution is -2.48. The minimum absolute atomic E-state index is 0.0520. The topological polar surface area (TPSA) is 42.9 Å². The number of pyridine rings is 1. The molecule has 2 saturated heterocycles. The number of piperazine rings is 2. The molecule has 0 radical (unpaired) electrons. The zero-order chi connectivity index (χ0) is 19.3. The molecular formula is C22H29N5O. The number of benzene rings is 1. The molecule has 148 valence electrons. The lowest BCUT2D eigenvalue weighted by molar-refractivity contribution is 0.0637. The van der Waals surface area contributed by atoms with Crippen LogP contribution in [0.5, 0.6) is 0 Å². The van der Waals surface area contributed by atoms with Crippen LogP contribution in [0.25, 0.3) is 0 Å². The van der Waals surface area contributed by atoms with Crippen molar-refractivity contribution >= 4 is 17.3 Å². The second-order valence-corrected chi connectivity index (χ2v) is 7.44. The fourth-order valence-electron chi connectivity index (χ4n) is 3.99. The molecule has 2 aromatic rings. The first kappa shape index (κ1) is 18.7. The second kappa shape index (κ2) is 8.61. The van der Waals surface area contributed by atoms with E-state index in [4.69, 9.17) is 0 Å². The first-order chi connectivity index (χ1) is 13.7. The van der Waals surface area contributed by atoms with Gasteiger partial charge in [-0.25, -0.2) is 4.98 Å². The maximum Gasteiger partial charge on any atom is 0.272 e. The Balaban J connectivity index is 1.33. The molecule has 1 amide bonds. The molecule has 0 N–H and O–H groups in total. The Morgan fingerprint density at radius 3 is 2.04 bits per heavy atom. The molecule has 0 atom stereocenters. The molecule has 0 bridgehead atoms. The Labute approximate surface area is 167 Å². The molecule has 3 heterocycles. The average Bonchev–Trinajstić information content (AvgIpc) is 2.79. The van der Waals surface area contributed by atoms with Crippen LogP contribution in [0.1, 0.15) is 17.4 Å². The van der Waals surface area contributed by atoms with Crippen molar-refractivity contribution < 1.29 is 4.79 Å². The van der Waals surface area contributed by atoms with Gasteiger partial charge in [0.2, 0.25) is 0 Å². The van der Waals surface area contributed by atoms with Crippen LogP contribution < -0.4 is 9.80 Å². The SMILES string of the molecule is CCN1CCN(C(=O)c2ccc(N3CCN(c4ccccc4)CC3)cn2)CC1. The summed E-state index contributed by atoms with van der Waals surface area (Å²) in [4.78, 5) is 26.2. The Morgan fingerprint density at radius 2 is 1.46 bits per heavy atom. The molecule has 2 aliphatic heterocycles.